The highest BCUT2D eigenvalue weighted by molar-refractivity contribution is 5.94. The van der Waals surface area contributed by atoms with E-state index in [1.54, 1.807) is 6.07 Å². The average molecular weight is 355 g/mol. The van der Waals surface area contributed by atoms with Crippen molar-refractivity contribution in [2.45, 2.75) is 19.4 Å². The molecule has 0 aromatic heterocycles. The zero-order valence-corrected chi connectivity index (χ0v) is 15.1. The molecule has 0 bridgehead atoms. The van der Waals surface area contributed by atoms with Crippen molar-refractivity contribution in [3.8, 4) is 6.07 Å². The van der Waals surface area contributed by atoms with Crippen molar-refractivity contribution >= 4 is 5.91 Å². The molecule has 1 aliphatic heterocycles. The van der Waals surface area contributed by atoms with Gasteiger partial charge >= 0.3 is 0 Å². The van der Waals surface area contributed by atoms with E-state index in [1.165, 1.54) is 16.8 Å². The van der Waals surface area contributed by atoms with Gasteiger partial charge in [-0.15, -0.1) is 0 Å². The molecule has 134 valence electrons. The summed E-state index contributed by atoms with van der Waals surface area (Å²) in [5, 5.41) is 12.1. The number of hydrogen-bond acceptors (Lipinski definition) is 3. The van der Waals surface area contributed by atoms with E-state index < -0.39 is 0 Å². The summed E-state index contributed by atoms with van der Waals surface area (Å²) in [5.74, 6) is -0.101. The third-order valence-corrected chi connectivity index (χ3v) is 5.25. The summed E-state index contributed by atoms with van der Waals surface area (Å²) in [7, 11) is 0. The van der Waals surface area contributed by atoms with Gasteiger partial charge in [-0.1, -0.05) is 30.3 Å². The highest BCUT2D eigenvalue weighted by Crippen LogP contribution is 2.22. The Morgan fingerprint density at radius 3 is 2.63 bits per heavy atom. The van der Waals surface area contributed by atoms with Gasteiger partial charge in [0, 0.05) is 30.9 Å². The maximum Gasteiger partial charge on any atom is 0.251 e. The fraction of sp³-hybridized carbons (Fsp3) is 0.217. The van der Waals surface area contributed by atoms with E-state index in [9.17, 15) is 4.79 Å². The molecule has 1 amide bonds. The summed E-state index contributed by atoms with van der Waals surface area (Å²) in [5.41, 5.74) is 6.00. The van der Waals surface area contributed by atoms with E-state index in [4.69, 9.17) is 5.26 Å². The molecule has 1 aliphatic carbocycles. The molecule has 2 aliphatic rings. The van der Waals surface area contributed by atoms with Crippen molar-refractivity contribution in [3.63, 3.8) is 0 Å². The highest BCUT2D eigenvalue weighted by atomic mass is 16.1. The molecule has 27 heavy (non-hydrogen) atoms. The van der Waals surface area contributed by atoms with Gasteiger partial charge in [-0.05, 0) is 59.9 Å². The SMILES string of the molecule is N#Cc1ccccc1CNC(=O)c1ccc2c(c1)CCN(C1=CC=C1)CC2. The third kappa shape index (κ3) is 3.63. The maximum atomic E-state index is 12.6. The Morgan fingerprint density at radius 2 is 1.89 bits per heavy atom. The largest absolute Gasteiger partial charge is 0.371 e. The number of rotatable bonds is 4. The van der Waals surface area contributed by atoms with Crippen LogP contribution < -0.4 is 5.32 Å². The van der Waals surface area contributed by atoms with Crippen LogP contribution in [0.15, 0.2) is 66.4 Å². The molecule has 0 saturated carbocycles. The minimum absolute atomic E-state index is 0.101. The third-order valence-electron chi connectivity index (χ3n) is 5.25. The zero-order valence-electron chi connectivity index (χ0n) is 15.1. The van der Waals surface area contributed by atoms with Crippen LogP contribution in [-0.2, 0) is 19.4 Å². The minimum Gasteiger partial charge on any atom is -0.371 e. The Labute approximate surface area is 159 Å². The number of carbonyl (C=O) groups excluding carboxylic acids is 1. The summed E-state index contributed by atoms with van der Waals surface area (Å²) >= 11 is 0. The van der Waals surface area contributed by atoms with Crippen LogP contribution in [0.3, 0.4) is 0 Å². The van der Waals surface area contributed by atoms with Crippen molar-refractivity contribution in [2.75, 3.05) is 13.1 Å². The van der Waals surface area contributed by atoms with E-state index in [2.05, 4.69) is 40.6 Å². The lowest BCUT2D eigenvalue weighted by atomic mass is 9.99. The van der Waals surface area contributed by atoms with Gasteiger partial charge in [-0.2, -0.15) is 5.26 Å². The van der Waals surface area contributed by atoms with Gasteiger partial charge in [-0.25, -0.2) is 0 Å². The lowest BCUT2D eigenvalue weighted by Crippen LogP contribution is -2.26. The standard InChI is InChI=1S/C23H21N3O/c24-15-20-4-1-2-5-21(20)16-25-23(27)19-9-8-17-10-12-26(22-6-3-7-22)13-11-18(17)14-19/h1-9,14H,10-13,16H2,(H,25,27). The number of hydrogen-bond donors (Lipinski definition) is 1. The Kier molecular flexibility index (Phi) is 4.76. The first-order valence-corrected chi connectivity index (χ1v) is 9.26. The summed E-state index contributed by atoms with van der Waals surface area (Å²) in [6.07, 6.45) is 8.30. The van der Waals surface area contributed by atoms with E-state index in [0.29, 0.717) is 17.7 Å². The molecule has 1 heterocycles. The van der Waals surface area contributed by atoms with Crippen LogP contribution in [0.2, 0.25) is 0 Å². The minimum atomic E-state index is -0.101. The summed E-state index contributed by atoms with van der Waals surface area (Å²) in [6.45, 7) is 2.34. The van der Waals surface area contributed by atoms with E-state index in [-0.39, 0.29) is 5.91 Å². The number of carbonyl (C=O) groups is 1. The van der Waals surface area contributed by atoms with E-state index in [1.807, 2.05) is 30.3 Å². The van der Waals surface area contributed by atoms with Crippen LogP contribution in [0.5, 0.6) is 0 Å². The number of allylic oxidation sites excluding steroid dienone is 3. The van der Waals surface area contributed by atoms with Crippen molar-refractivity contribution < 1.29 is 4.79 Å². The van der Waals surface area contributed by atoms with Crippen LogP contribution in [0.25, 0.3) is 0 Å². The molecule has 4 nitrogen and oxygen atoms in total. The second kappa shape index (κ2) is 7.51. The molecular formula is C23H21N3O. The number of nitrogens with one attached hydrogen (secondary N) is 1. The van der Waals surface area contributed by atoms with Gasteiger partial charge in [0.15, 0.2) is 0 Å². The van der Waals surface area contributed by atoms with E-state index >= 15 is 0 Å². The van der Waals surface area contributed by atoms with Crippen molar-refractivity contribution in [1.82, 2.24) is 10.2 Å². The second-order valence-electron chi connectivity index (χ2n) is 6.87. The first kappa shape index (κ1) is 17.1. The number of nitriles is 1. The molecule has 2 aromatic rings. The smallest absolute Gasteiger partial charge is 0.251 e. The van der Waals surface area contributed by atoms with Crippen molar-refractivity contribution in [2.24, 2.45) is 0 Å². The Morgan fingerprint density at radius 1 is 1.11 bits per heavy atom. The molecule has 0 atom stereocenters. The van der Waals surface area contributed by atoms with Crippen LogP contribution >= 0.6 is 0 Å². The van der Waals surface area contributed by atoms with Gasteiger partial charge in [-0.3, -0.25) is 4.79 Å². The molecule has 4 heteroatoms. The fourth-order valence-electron chi connectivity index (χ4n) is 3.58. The topological polar surface area (TPSA) is 56.1 Å². The van der Waals surface area contributed by atoms with Crippen LogP contribution in [0.4, 0.5) is 0 Å². The van der Waals surface area contributed by atoms with Gasteiger partial charge in [0.2, 0.25) is 0 Å². The predicted molar refractivity (Wildman–Crippen MR) is 105 cm³/mol. The normalized spacial score (nSPS) is 15.1. The summed E-state index contributed by atoms with van der Waals surface area (Å²) in [4.78, 5) is 15.0. The van der Waals surface area contributed by atoms with Crippen molar-refractivity contribution in [1.29, 1.82) is 5.26 Å². The fourth-order valence-corrected chi connectivity index (χ4v) is 3.58. The van der Waals surface area contributed by atoms with Crippen molar-refractivity contribution in [3.05, 3.63) is 94.2 Å². The molecule has 0 fully saturated rings. The van der Waals surface area contributed by atoms with Crippen LogP contribution in [0.1, 0.15) is 32.6 Å². The molecule has 0 unspecified atom stereocenters. The maximum absolute atomic E-state index is 12.6. The quantitative estimate of drug-likeness (QED) is 0.915. The number of amides is 1. The number of fused-ring (bicyclic) bond motifs is 1. The molecule has 4 rings (SSSR count). The first-order chi connectivity index (χ1) is 13.2. The number of nitrogens with zero attached hydrogens (tertiary/aromatic N) is 2. The second-order valence-corrected chi connectivity index (χ2v) is 6.87. The van der Waals surface area contributed by atoms with E-state index in [0.717, 1.165) is 31.5 Å². The molecule has 0 saturated heterocycles. The van der Waals surface area contributed by atoms with Gasteiger partial charge in [0.05, 0.1) is 11.6 Å². The Hall–Kier alpha value is -3.32. The first-order valence-electron chi connectivity index (χ1n) is 9.26. The average Bonchev–Trinajstić information content (AvgIpc) is 2.87. The predicted octanol–water partition coefficient (Wildman–Crippen LogP) is 3.34. The van der Waals surface area contributed by atoms with Crippen LogP contribution in [0, 0.1) is 11.3 Å². The zero-order chi connectivity index (χ0) is 18.6. The molecular weight excluding hydrogens is 334 g/mol. The lowest BCUT2D eigenvalue weighted by molar-refractivity contribution is 0.0951. The van der Waals surface area contributed by atoms with Crippen LogP contribution in [-0.4, -0.2) is 23.9 Å². The lowest BCUT2D eigenvalue weighted by Gasteiger charge is -2.26. The monoisotopic (exact) mass is 355 g/mol. The van der Waals surface area contributed by atoms with Gasteiger partial charge in [0.1, 0.15) is 0 Å². The molecule has 1 N–H and O–H groups in total. The summed E-state index contributed by atoms with van der Waals surface area (Å²) in [6, 6.07) is 15.5. The molecule has 0 spiro atoms. The van der Waals surface area contributed by atoms with Gasteiger partial charge < -0.3 is 10.2 Å². The molecule has 2 aromatic carbocycles. The Bertz CT molecular complexity index is 981. The summed E-state index contributed by atoms with van der Waals surface area (Å²) < 4.78 is 0. The number of benzene rings is 2. The molecule has 0 radical (unpaired) electrons. The highest BCUT2D eigenvalue weighted by Gasteiger charge is 2.18. The Balaban J connectivity index is 1.43. The van der Waals surface area contributed by atoms with Gasteiger partial charge in [0.25, 0.3) is 5.91 Å².